The van der Waals surface area contributed by atoms with Crippen molar-refractivity contribution in [1.29, 1.82) is 0 Å². The molecule has 0 fully saturated rings. The Hall–Kier alpha value is -2.62. The van der Waals surface area contributed by atoms with Crippen molar-refractivity contribution < 1.29 is 14.3 Å². The lowest BCUT2D eigenvalue weighted by Gasteiger charge is -2.22. The van der Waals surface area contributed by atoms with Gasteiger partial charge in [0.1, 0.15) is 0 Å². The van der Waals surface area contributed by atoms with Crippen molar-refractivity contribution in [3.05, 3.63) is 60.3 Å². The number of nitrogens with zero attached hydrogens (tertiary/aromatic N) is 1. The smallest absolute Gasteiger partial charge is 0.337 e. The van der Waals surface area contributed by atoms with E-state index in [9.17, 15) is 9.59 Å². The van der Waals surface area contributed by atoms with Gasteiger partial charge in [0.25, 0.3) is 0 Å². The van der Waals surface area contributed by atoms with Crippen LogP contribution in [0.4, 0.5) is 0 Å². The largest absolute Gasteiger partial charge is 0.465 e. The molecule has 4 heteroatoms. The van der Waals surface area contributed by atoms with Gasteiger partial charge in [0.2, 0.25) is 0 Å². The molecular weight excluding hydrogens is 374 g/mol. The Labute approximate surface area is 180 Å². The summed E-state index contributed by atoms with van der Waals surface area (Å²) in [5.41, 5.74) is 3.78. The first-order valence-electron chi connectivity index (χ1n) is 10.9. The van der Waals surface area contributed by atoms with Crippen molar-refractivity contribution in [2.24, 2.45) is 5.92 Å². The molecular formula is C26H35NO3. The van der Waals surface area contributed by atoms with Crippen LogP contribution >= 0.6 is 0 Å². The molecule has 0 N–H and O–H groups in total. The van der Waals surface area contributed by atoms with E-state index in [0.717, 1.165) is 23.0 Å². The molecule has 0 aliphatic carbocycles. The number of esters is 1. The minimum Gasteiger partial charge on any atom is -0.465 e. The summed E-state index contributed by atoms with van der Waals surface area (Å²) >= 11 is 0. The monoisotopic (exact) mass is 409 g/mol. The summed E-state index contributed by atoms with van der Waals surface area (Å²) < 4.78 is 6.97. The van der Waals surface area contributed by atoms with E-state index in [4.69, 9.17) is 4.74 Å². The number of benzene rings is 1. The quantitative estimate of drug-likeness (QED) is 0.424. The van der Waals surface area contributed by atoms with E-state index in [2.05, 4.69) is 45.4 Å². The number of rotatable bonds is 5. The second-order valence-electron chi connectivity index (χ2n) is 8.03. The summed E-state index contributed by atoms with van der Waals surface area (Å²) in [6, 6.07) is 5.63. The minimum absolute atomic E-state index is 0.0203. The first-order chi connectivity index (χ1) is 14.4. The maximum absolute atomic E-state index is 12.6. The van der Waals surface area contributed by atoms with Gasteiger partial charge in [0.05, 0.1) is 19.2 Å². The summed E-state index contributed by atoms with van der Waals surface area (Å²) in [7, 11) is 1.38. The Morgan fingerprint density at radius 1 is 1.27 bits per heavy atom. The zero-order chi connectivity index (χ0) is 22.4. The average molecular weight is 410 g/mol. The lowest BCUT2D eigenvalue weighted by Crippen LogP contribution is -2.12. The van der Waals surface area contributed by atoms with Crippen LogP contribution in [-0.4, -0.2) is 23.4 Å². The number of fused-ring (bicyclic) bond motifs is 3. The fourth-order valence-corrected chi connectivity index (χ4v) is 4.24. The van der Waals surface area contributed by atoms with E-state index in [1.54, 1.807) is 6.07 Å². The van der Waals surface area contributed by atoms with Crippen LogP contribution in [-0.2, 0) is 16.1 Å². The van der Waals surface area contributed by atoms with Gasteiger partial charge in [-0.05, 0) is 36.0 Å². The third-order valence-corrected chi connectivity index (χ3v) is 5.80. The molecule has 0 saturated heterocycles. The van der Waals surface area contributed by atoms with Gasteiger partial charge in [0, 0.05) is 28.9 Å². The lowest BCUT2D eigenvalue weighted by molar-refractivity contribution is -0.119. The van der Waals surface area contributed by atoms with Crippen molar-refractivity contribution >= 4 is 22.7 Å². The van der Waals surface area contributed by atoms with E-state index < -0.39 is 0 Å². The number of aromatic nitrogens is 1. The van der Waals surface area contributed by atoms with Crippen LogP contribution in [0.15, 0.2) is 43.5 Å². The van der Waals surface area contributed by atoms with Gasteiger partial charge in [-0.25, -0.2) is 4.79 Å². The second kappa shape index (κ2) is 10.4. The summed E-state index contributed by atoms with van der Waals surface area (Å²) in [6.45, 7) is 16.9. The standard InChI is InChI=1S/C23H27NO3.C3H8/c1-6-14(4)21-19-10-9-16(23(26)27-5)12-20(19)24-13-17(25)11-15(7-2)18(8-3)22(21)24;1-3-2/h7-10,12,14-15,18H,2-3,6,11,13H2,1,4-5H3;3H2,1-2H3. The van der Waals surface area contributed by atoms with Gasteiger partial charge in [-0.15, -0.1) is 13.2 Å². The lowest BCUT2D eigenvalue weighted by atomic mass is 9.82. The first-order valence-corrected chi connectivity index (χ1v) is 10.9. The Morgan fingerprint density at radius 2 is 1.93 bits per heavy atom. The van der Waals surface area contributed by atoms with Crippen LogP contribution in [0, 0.1) is 5.92 Å². The number of allylic oxidation sites excluding steroid dienone is 2. The van der Waals surface area contributed by atoms with Gasteiger partial charge in [0.15, 0.2) is 5.78 Å². The molecule has 0 amide bonds. The second-order valence-corrected chi connectivity index (χ2v) is 8.03. The Balaban J connectivity index is 0.00000101. The molecule has 2 heterocycles. The highest BCUT2D eigenvalue weighted by molar-refractivity contribution is 5.97. The number of hydrogen-bond acceptors (Lipinski definition) is 3. The molecule has 3 unspecified atom stereocenters. The van der Waals surface area contributed by atoms with Crippen LogP contribution in [0.25, 0.3) is 10.9 Å². The third-order valence-electron chi connectivity index (χ3n) is 5.80. The molecule has 1 aliphatic heterocycles. The highest BCUT2D eigenvalue weighted by Gasteiger charge is 2.33. The minimum atomic E-state index is -0.373. The van der Waals surface area contributed by atoms with Crippen LogP contribution in [0.5, 0.6) is 0 Å². The zero-order valence-electron chi connectivity index (χ0n) is 19.0. The molecule has 1 aromatic carbocycles. The fraction of sp³-hybridized carbons (Fsp3) is 0.462. The maximum atomic E-state index is 12.6. The topological polar surface area (TPSA) is 48.3 Å². The summed E-state index contributed by atoms with van der Waals surface area (Å²) in [5.74, 6) is 0.174. The van der Waals surface area contributed by atoms with E-state index in [0.29, 0.717) is 24.4 Å². The molecule has 1 aliphatic rings. The van der Waals surface area contributed by atoms with Gasteiger partial charge in [-0.1, -0.05) is 52.3 Å². The molecule has 162 valence electrons. The van der Waals surface area contributed by atoms with Crippen LogP contribution in [0.2, 0.25) is 0 Å². The molecule has 30 heavy (non-hydrogen) atoms. The van der Waals surface area contributed by atoms with Crippen molar-refractivity contribution in [1.82, 2.24) is 4.57 Å². The predicted octanol–water partition coefficient (Wildman–Crippen LogP) is 6.40. The van der Waals surface area contributed by atoms with E-state index in [1.807, 2.05) is 24.3 Å². The van der Waals surface area contributed by atoms with Crippen molar-refractivity contribution in [2.75, 3.05) is 7.11 Å². The molecule has 2 aromatic rings. The third kappa shape index (κ3) is 4.43. The summed E-state index contributed by atoms with van der Waals surface area (Å²) in [6.07, 6.45) is 6.50. The molecule has 3 atom stereocenters. The zero-order valence-corrected chi connectivity index (χ0v) is 19.0. The number of hydrogen-bond donors (Lipinski definition) is 0. The van der Waals surface area contributed by atoms with Gasteiger partial charge in [-0.3, -0.25) is 4.79 Å². The van der Waals surface area contributed by atoms with Crippen LogP contribution < -0.4 is 0 Å². The van der Waals surface area contributed by atoms with Gasteiger partial charge < -0.3 is 9.30 Å². The fourth-order valence-electron chi connectivity index (χ4n) is 4.24. The number of ether oxygens (including phenoxy) is 1. The van der Waals surface area contributed by atoms with E-state index in [-0.39, 0.29) is 23.6 Å². The van der Waals surface area contributed by atoms with Crippen LogP contribution in [0.3, 0.4) is 0 Å². The number of methoxy groups -OCH3 is 1. The molecule has 1 aromatic heterocycles. The van der Waals surface area contributed by atoms with Crippen molar-refractivity contribution in [2.45, 2.75) is 65.3 Å². The normalized spacial score (nSPS) is 19.2. The number of ketones is 1. The van der Waals surface area contributed by atoms with Gasteiger partial charge in [-0.2, -0.15) is 0 Å². The number of carbonyl (C=O) groups excluding carboxylic acids is 2. The molecule has 4 nitrogen and oxygen atoms in total. The van der Waals surface area contributed by atoms with Crippen molar-refractivity contribution in [3.63, 3.8) is 0 Å². The molecule has 3 rings (SSSR count). The van der Waals surface area contributed by atoms with Crippen LogP contribution in [0.1, 0.15) is 80.4 Å². The van der Waals surface area contributed by atoms with Gasteiger partial charge >= 0.3 is 5.97 Å². The highest BCUT2D eigenvalue weighted by Crippen LogP contribution is 2.43. The first kappa shape index (κ1) is 23.7. The number of Topliss-reactive ketones (excluding diaryl/α,β-unsaturated/α-hetero) is 1. The molecule has 0 bridgehead atoms. The molecule has 0 spiro atoms. The Bertz CT molecular complexity index is 937. The highest BCUT2D eigenvalue weighted by atomic mass is 16.5. The summed E-state index contributed by atoms with van der Waals surface area (Å²) in [5, 5.41) is 1.09. The Morgan fingerprint density at radius 3 is 2.47 bits per heavy atom. The molecule has 0 radical (unpaired) electrons. The Kier molecular flexibility index (Phi) is 8.22. The average Bonchev–Trinajstić information content (AvgIpc) is 2.97. The molecule has 0 saturated carbocycles. The van der Waals surface area contributed by atoms with E-state index in [1.165, 1.54) is 19.1 Å². The van der Waals surface area contributed by atoms with E-state index >= 15 is 0 Å². The maximum Gasteiger partial charge on any atom is 0.337 e. The number of carbonyl (C=O) groups is 2. The summed E-state index contributed by atoms with van der Waals surface area (Å²) in [4.78, 5) is 24.7. The van der Waals surface area contributed by atoms with Crippen molar-refractivity contribution in [3.8, 4) is 0 Å². The predicted molar refractivity (Wildman–Crippen MR) is 124 cm³/mol. The SMILES string of the molecule is C=CC1CC(=O)Cn2c(c(C(C)CC)c3ccc(C(=O)OC)cc32)C1C=C.CCC.